The molecule has 0 saturated heterocycles. The molecule has 2 aliphatic rings. The number of nitrogens with one attached hydrogen (secondary N) is 1. The number of methoxy groups -OCH3 is 1. The van der Waals surface area contributed by atoms with Gasteiger partial charge in [0.1, 0.15) is 0 Å². The number of halogens is 1. The highest BCUT2D eigenvalue weighted by Crippen LogP contribution is 2.46. The lowest BCUT2D eigenvalue weighted by atomic mass is 9.94. The molecule has 0 bridgehead atoms. The van der Waals surface area contributed by atoms with Crippen LogP contribution in [0.2, 0.25) is 5.02 Å². The summed E-state index contributed by atoms with van der Waals surface area (Å²) >= 11 is 6.20. The van der Waals surface area contributed by atoms with E-state index in [-0.39, 0.29) is 18.1 Å². The molecule has 1 atom stereocenters. The first-order valence-electron chi connectivity index (χ1n) is 12.0. The van der Waals surface area contributed by atoms with Gasteiger partial charge in [0.25, 0.3) is 5.91 Å². The number of carbonyl (C=O) groups excluding carboxylic acids is 2. The molecular formula is C29H19ClN2O7. The van der Waals surface area contributed by atoms with Crippen molar-refractivity contribution in [3.05, 3.63) is 94.5 Å². The van der Waals surface area contributed by atoms with E-state index < -0.39 is 23.5 Å². The molecule has 1 unspecified atom stereocenters. The minimum Gasteiger partial charge on any atom is -0.503 e. The van der Waals surface area contributed by atoms with Crippen LogP contribution in [0.4, 0.5) is 5.69 Å². The van der Waals surface area contributed by atoms with Gasteiger partial charge in [-0.15, -0.1) is 0 Å². The number of ketones is 1. The Bertz CT molecular complexity index is 1870. The minimum atomic E-state index is -0.972. The van der Waals surface area contributed by atoms with Crippen LogP contribution in [0.15, 0.2) is 82.6 Å². The number of rotatable bonds is 5. The fraction of sp³-hybridized carbons (Fsp3) is 0.103. The van der Waals surface area contributed by atoms with Crippen molar-refractivity contribution in [3.63, 3.8) is 0 Å². The third kappa shape index (κ3) is 3.47. The van der Waals surface area contributed by atoms with Crippen LogP contribution < -0.4 is 19.1 Å². The highest BCUT2D eigenvalue weighted by molar-refractivity contribution is 6.31. The Hall–Kier alpha value is -4.89. The standard InChI is InChI=1S/C29H19ClN2O7/c1-36-23-10-15(30)8-14-9-22(39-28(14)23)26(33)24-25(18-12-31-19-5-3-2-4-17(18)19)32(29(35)27(24)34)16-6-7-20-21(11-16)38-13-37-20/h2-12,25,31,34H,13H2,1H3. The maximum atomic E-state index is 14.0. The summed E-state index contributed by atoms with van der Waals surface area (Å²) < 4.78 is 22.2. The molecule has 7 rings (SSSR count). The van der Waals surface area contributed by atoms with E-state index >= 15 is 0 Å². The van der Waals surface area contributed by atoms with Crippen LogP contribution in [-0.2, 0) is 4.79 Å². The van der Waals surface area contributed by atoms with E-state index in [2.05, 4.69) is 4.98 Å². The molecule has 5 aromatic rings. The molecule has 2 aliphatic heterocycles. The number of para-hydroxylation sites is 1. The molecule has 2 N–H and O–H groups in total. The molecule has 0 saturated carbocycles. The van der Waals surface area contributed by atoms with Crippen molar-refractivity contribution >= 4 is 50.9 Å². The SMILES string of the molecule is COc1cc(Cl)cc2cc(C(=O)C3=C(O)C(=O)N(c4ccc5c(c4)OCO5)C3c3c[nH]c4ccccc34)oc12. The first-order chi connectivity index (χ1) is 18.9. The number of amides is 1. The topological polar surface area (TPSA) is 114 Å². The molecule has 4 heterocycles. The maximum absolute atomic E-state index is 14.0. The summed E-state index contributed by atoms with van der Waals surface area (Å²) in [5, 5.41) is 12.9. The highest BCUT2D eigenvalue weighted by Gasteiger charge is 2.46. The second kappa shape index (κ2) is 8.57. The van der Waals surface area contributed by atoms with Crippen LogP contribution in [0.25, 0.3) is 21.9 Å². The zero-order valence-electron chi connectivity index (χ0n) is 20.4. The third-order valence-electron chi connectivity index (χ3n) is 6.99. The number of anilines is 1. The van der Waals surface area contributed by atoms with Crippen molar-refractivity contribution < 1.29 is 33.3 Å². The van der Waals surface area contributed by atoms with Gasteiger partial charge in [-0.05, 0) is 30.3 Å². The summed E-state index contributed by atoms with van der Waals surface area (Å²) in [5.74, 6) is -0.767. The average Bonchev–Trinajstić information content (AvgIpc) is 3.72. The Morgan fingerprint density at radius 3 is 2.77 bits per heavy atom. The number of fused-ring (bicyclic) bond motifs is 3. The van der Waals surface area contributed by atoms with Crippen molar-refractivity contribution in [3.8, 4) is 17.2 Å². The first kappa shape index (κ1) is 23.2. The molecule has 10 heteroatoms. The fourth-order valence-corrected chi connectivity index (χ4v) is 5.45. The van der Waals surface area contributed by atoms with Crippen molar-refractivity contribution in [1.82, 2.24) is 4.98 Å². The summed E-state index contributed by atoms with van der Waals surface area (Å²) in [6, 6.07) is 16.3. The molecular weight excluding hydrogens is 524 g/mol. The average molecular weight is 543 g/mol. The Balaban J connectivity index is 1.41. The van der Waals surface area contributed by atoms with Gasteiger partial charge in [0.2, 0.25) is 12.6 Å². The Morgan fingerprint density at radius 1 is 1.10 bits per heavy atom. The van der Waals surface area contributed by atoms with Gasteiger partial charge in [-0.3, -0.25) is 14.5 Å². The van der Waals surface area contributed by atoms with E-state index in [1.165, 1.54) is 18.1 Å². The lowest BCUT2D eigenvalue weighted by Crippen LogP contribution is -2.30. The largest absolute Gasteiger partial charge is 0.503 e. The van der Waals surface area contributed by atoms with Crippen molar-refractivity contribution in [2.75, 3.05) is 18.8 Å². The van der Waals surface area contributed by atoms with E-state index in [0.29, 0.717) is 44.5 Å². The number of nitrogens with zero attached hydrogens (tertiary/aromatic N) is 1. The predicted molar refractivity (Wildman–Crippen MR) is 143 cm³/mol. The number of H-pyrrole nitrogens is 1. The van der Waals surface area contributed by atoms with Gasteiger partial charge in [-0.1, -0.05) is 29.8 Å². The number of carbonyl (C=O) groups is 2. The lowest BCUT2D eigenvalue weighted by Gasteiger charge is -2.26. The second-order valence-corrected chi connectivity index (χ2v) is 9.57. The number of ether oxygens (including phenoxy) is 3. The lowest BCUT2D eigenvalue weighted by molar-refractivity contribution is -0.117. The van der Waals surface area contributed by atoms with Gasteiger partial charge < -0.3 is 28.7 Å². The van der Waals surface area contributed by atoms with Crippen LogP contribution in [0.5, 0.6) is 17.2 Å². The molecule has 0 radical (unpaired) electrons. The van der Waals surface area contributed by atoms with Crippen LogP contribution in [-0.4, -0.2) is 35.7 Å². The van der Waals surface area contributed by atoms with E-state index in [1.54, 1.807) is 36.5 Å². The molecule has 0 spiro atoms. The maximum Gasteiger partial charge on any atom is 0.294 e. The number of hydrogen-bond acceptors (Lipinski definition) is 7. The zero-order valence-corrected chi connectivity index (χ0v) is 21.1. The molecule has 194 valence electrons. The summed E-state index contributed by atoms with van der Waals surface area (Å²) in [6.07, 6.45) is 1.73. The Kier molecular flexibility index (Phi) is 5.11. The number of aromatic amines is 1. The number of Topliss-reactive ketones (excluding diaryl/α,β-unsaturated/α-hetero) is 1. The molecule has 2 aromatic heterocycles. The summed E-state index contributed by atoms with van der Waals surface area (Å²) in [6.45, 7) is 0.0609. The van der Waals surface area contributed by atoms with Crippen LogP contribution in [0.3, 0.4) is 0 Å². The molecule has 39 heavy (non-hydrogen) atoms. The van der Waals surface area contributed by atoms with Crippen molar-refractivity contribution in [2.45, 2.75) is 6.04 Å². The highest BCUT2D eigenvalue weighted by atomic mass is 35.5. The number of furan rings is 1. The molecule has 0 aliphatic carbocycles. The number of hydrogen-bond donors (Lipinski definition) is 2. The molecule has 3 aromatic carbocycles. The van der Waals surface area contributed by atoms with E-state index in [0.717, 1.165) is 10.9 Å². The normalized spacial score (nSPS) is 16.6. The van der Waals surface area contributed by atoms with E-state index in [1.807, 2.05) is 24.3 Å². The summed E-state index contributed by atoms with van der Waals surface area (Å²) in [5.41, 5.74) is 2.07. The Morgan fingerprint density at radius 2 is 1.92 bits per heavy atom. The smallest absolute Gasteiger partial charge is 0.294 e. The molecule has 9 nitrogen and oxygen atoms in total. The minimum absolute atomic E-state index is 0.0609. The summed E-state index contributed by atoms with van der Waals surface area (Å²) in [4.78, 5) is 32.2. The van der Waals surface area contributed by atoms with Crippen LogP contribution in [0, 0.1) is 0 Å². The van der Waals surface area contributed by atoms with Crippen LogP contribution in [0.1, 0.15) is 22.2 Å². The zero-order chi connectivity index (χ0) is 26.8. The van der Waals surface area contributed by atoms with Gasteiger partial charge in [0.05, 0.1) is 18.7 Å². The monoisotopic (exact) mass is 542 g/mol. The van der Waals surface area contributed by atoms with Crippen molar-refractivity contribution in [2.24, 2.45) is 0 Å². The quantitative estimate of drug-likeness (QED) is 0.258. The van der Waals surface area contributed by atoms with Gasteiger partial charge in [0, 0.05) is 50.9 Å². The summed E-state index contributed by atoms with van der Waals surface area (Å²) in [7, 11) is 1.47. The molecule has 0 fully saturated rings. The van der Waals surface area contributed by atoms with Gasteiger partial charge >= 0.3 is 0 Å². The second-order valence-electron chi connectivity index (χ2n) is 9.13. The number of aliphatic hydroxyl groups excluding tert-OH is 1. The molecule has 1 amide bonds. The van der Waals surface area contributed by atoms with Crippen molar-refractivity contribution in [1.29, 1.82) is 0 Å². The first-order valence-corrected chi connectivity index (χ1v) is 12.4. The van der Waals surface area contributed by atoms with Gasteiger partial charge in [-0.25, -0.2) is 0 Å². The third-order valence-corrected chi connectivity index (χ3v) is 7.21. The number of aliphatic hydroxyl groups is 1. The predicted octanol–water partition coefficient (Wildman–Crippen LogP) is 6.09. The van der Waals surface area contributed by atoms with E-state index in [4.69, 9.17) is 30.2 Å². The van der Waals surface area contributed by atoms with Gasteiger partial charge in [-0.2, -0.15) is 0 Å². The Labute approximate surface area is 225 Å². The van der Waals surface area contributed by atoms with Crippen LogP contribution >= 0.6 is 11.6 Å². The van der Waals surface area contributed by atoms with E-state index in [9.17, 15) is 14.7 Å². The van der Waals surface area contributed by atoms with Gasteiger partial charge in [0.15, 0.2) is 34.4 Å². The fourth-order valence-electron chi connectivity index (χ4n) is 5.24. The number of benzene rings is 3. The number of aromatic nitrogens is 1.